The molecule has 2 saturated carbocycles. The van der Waals surface area contributed by atoms with Crippen LogP contribution < -0.4 is 4.90 Å². The van der Waals surface area contributed by atoms with Gasteiger partial charge in [-0.3, -0.25) is 0 Å². The maximum atomic E-state index is 2.45. The predicted octanol–water partition coefficient (Wildman–Crippen LogP) is 6.73. The Morgan fingerprint density at radius 2 is 1.52 bits per heavy atom. The second-order valence-corrected chi connectivity index (χ2v) is 10.8. The van der Waals surface area contributed by atoms with Gasteiger partial charge < -0.3 is 9.80 Å². The molecule has 1 aliphatic heterocycles. The molecule has 2 heteroatoms. The molecule has 0 N–H and O–H groups in total. The van der Waals surface area contributed by atoms with E-state index in [0.717, 1.165) is 18.4 Å². The minimum absolute atomic E-state index is 0.408. The van der Waals surface area contributed by atoms with Crippen LogP contribution in [-0.2, 0) is 0 Å². The van der Waals surface area contributed by atoms with Crippen LogP contribution >= 0.6 is 0 Å². The van der Waals surface area contributed by atoms with E-state index in [1.165, 1.54) is 36.9 Å². The van der Waals surface area contributed by atoms with Crippen LogP contribution in [0.5, 0.6) is 0 Å². The molecule has 2 unspecified atom stereocenters. The average molecular weight is 365 g/mol. The fourth-order valence-electron chi connectivity index (χ4n) is 5.75. The van der Waals surface area contributed by atoms with Crippen LogP contribution in [0.25, 0.3) is 0 Å². The summed E-state index contributed by atoms with van der Waals surface area (Å²) in [6.45, 7) is 13.3. The van der Waals surface area contributed by atoms with Crippen LogP contribution in [0.15, 0.2) is 49.1 Å². The minimum atomic E-state index is 0.408. The zero-order valence-corrected chi connectivity index (χ0v) is 17.8. The van der Waals surface area contributed by atoms with E-state index in [4.69, 9.17) is 0 Å². The second-order valence-electron chi connectivity index (χ2n) is 10.8. The third-order valence-corrected chi connectivity index (χ3v) is 6.77. The number of anilines is 1. The Kier molecular flexibility index (Phi) is 4.64. The first kappa shape index (κ1) is 18.7. The number of rotatable bonds is 4. The summed E-state index contributed by atoms with van der Waals surface area (Å²) in [5.41, 5.74) is 3.68. The Balaban J connectivity index is 1.54. The highest BCUT2D eigenvalue weighted by Crippen LogP contribution is 2.53. The number of nitrogens with zero attached hydrogens (tertiary/aromatic N) is 2. The first-order chi connectivity index (χ1) is 12.7. The second kappa shape index (κ2) is 6.72. The molecule has 0 spiro atoms. The highest BCUT2D eigenvalue weighted by atomic mass is 15.2. The van der Waals surface area contributed by atoms with Crippen molar-refractivity contribution in [2.24, 2.45) is 22.7 Å². The Hall–Kier alpha value is -1.70. The van der Waals surface area contributed by atoms with Crippen LogP contribution in [0.2, 0.25) is 0 Å². The van der Waals surface area contributed by atoms with Gasteiger partial charge in [-0.05, 0) is 65.9 Å². The quantitative estimate of drug-likeness (QED) is 0.584. The molecule has 0 radical (unpaired) electrons. The molecule has 1 aromatic rings. The zero-order valence-electron chi connectivity index (χ0n) is 17.8. The van der Waals surface area contributed by atoms with Crippen molar-refractivity contribution in [2.45, 2.75) is 66.2 Å². The Labute approximate surface area is 165 Å². The van der Waals surface area contributed by atoms with Gasteiger partial charge in [0.25, 0.3) is 0 Å². The standard InChI is InChI=1S/C25H36N2/c1-19-14-20(19)17-26-10-12-27(13-11-26)23-9-7-6-8-22(23)21-15-24(2,3)18-25(4,5)16-21/h6-13,19-21H,14-18H2,1-5H3. The molecule has 1 heterocycles. The summed E-state index contributed by atoms with van der Waals surface area (Å²) in [5.74, 6) is 2.42. The van der Waals surface area contributed by atoms with Gasteiger partial charge in [-0.2, -0.15) is 0 Å². The first-order valence-electron chi connectivity index (χ1n) is 10.7. The molecule has 0 amide bonds. The molecule has 146 valence electrons. The van der Waals surface area contributed by atoms with Gasteiger partial charge >= 0.3 is 0 Å². The number of para-hydroxylation sites is 1. The lowest BCUT2D eigenvalue weighted by atomic mass is 9.60. The van der Waals surface area contributed by atoms with Crippen molar-refractivity contribution in [1.29, 1.82) is 0 Å². The summed E-state index contributed by atoms with van der Waals surface area (Å²) in [7, 11) is 0. The fraction of sp³-hybridized carbons (Fsp3) is 0.600. The van der Waals surface area contributed by atoms with Gasteiger partial charge in [-0.1, -0.05) is 52.8 Å². The molecule has 2 nitrogen and oxygen atoms in total. The molecule has 4 rings (SSSR count). The SMILES string of the molecule is CC1CC1CN1C=CN(c2ccccc2C2CC(C)(C)CC(C)(C)C2)C=C1. The summed E-state index contributed by atoms with van der Waals surface area (Å²) >= 11 is 0. The van der Waals surface area contributed by atoms with Crippen molar-refractivity contribution in [2.75, 3.05) is 11.4 Å². The van der Waals surface area contributed by atoms with E-state index in [2.05, 4.69) is 93.5 Å². The van der Waals surface area contributed by atoms with E-state index in [-0.39, 0.29) is 0 Å². The summed E-state index contributed by atoms with van der Waals surface area (Å²) in [5, 5.41) is 0. The molecular weight excluding hydrogens is 328 g/mol. The van der Waals surface area contributed by atoms with Gasteiger partial charge in [-0.15, -0.1) is 0 Å². The van der Waals surface area contributed by atoms with E-state index < -0.39 is 0 Å². The normalized spacial score (nSPS) is 29.2. The lowest BCUT2D eigenvalue weighted by Gasteiger charge is -2.46. The summed E-state index contributed by atoms with van der Waals surface area (Å²) in [4.78, 5) is 4.66. The van der Waals surface area contributed by atoms with Crippen molar-refractivity contribution in [3.8, 4) is 0 Å². The van der Waals surface area contributed by atoms with Gasteiger partial charge in [0.1, 0.15) is 0 Å². The van der Waals surface area contributed by atoms with E-state index in [1.54, 1.807) is 0 Å². The van der Waals surface area contributed by atoms with Crippen LogP contribution in [0.4, 0.5) is 5.69 Å². The van der Waals surface area contributed by atoms with Crippen LogP contribution in [0, 0.1) is 22.7 Å². The molecular formula is C25H36N2. The van der Waals surface area contributed by atoms with Crippen molar-refractivity contribution >= 4 is 5.69 Å². The maximum absolute atomic E-state index is 2.45. The van der Waals surface area contributed by atoms with E-state index >= 15 is 0 Å². The smallest absolute Gasteiger partial charge is 0.0485 e. The number of hydrogen-bond acceptors (Lipinski definition) is 2. The molecule has 0 saturated heterocycles. The molecule has 1 aromatic carbocycles. The third kappa shape index (κ3) is 4.25. The average Bonchev–Trinajstić information content (AvgIpc) is 3.27. The number of hydrogen-bond donors (Lipinski definition) is 0. The molecule has 27 heavy (non-hydrogen) atoms. The summed E-state index contributed by atoms with van der Waals surface area (Å²) in [6.07, 6.45) is 14.2. The van der Waals surface area contributed by atoms with Gasteiger partial charge in [0, 0.05) is 37.0 Å². The lowest BCUT2D eigenvalue weighted by molar-refractivity contribution is 0.0971. The molecule has 3 aliphatic rings. The van der Waals surface area contributed by atoms with Gasteiger partial charge in [0.15, 0.2) is 0 Å². The van der Waals surface area contributed by atoms with Gasteiger partial charge in [0.05, 0.1) is 0 Å². The van der Waals surface area contributed by atoms with Crippen LogP contribution in [0.3, 0.4) is 0 Å². The zero-order chi connectivity index (χ0) is 19.2. The molecule has 2 aliphatic carbocycles. The van der Waals surface area contributed by atoms with Gasteiger partial charge in [-0.25, -0.2) is 0 Å². The van der Waals surface area contributed by atoms with Crippen LogP contribution in [-0.4, -0.2) is 11.4 Å². The lowest BCUT2D eigenvalue weighted by Crippen LogP contribution is -2.33. The van der Waals surface area contributed by atoms with E-state index in [1.807, 2.05) is 0 Å². The summed E-state index contributed by atoms with van der Waals surface area (Å²) in [6, 6.07) is 9.04. The van der Waals surface area contributed by atoms with Crippen molar-refractivity contribution in [3.05, 3.63) is 54.6 Å². The molecule has 2 atom stereocenters. The highest BCUT2D eigenvalue weighted by Gasteiger charge is 2.39. The molecule has 0 bridgehead atoms. The molecule has 0 aromatic heterocycles. The Morgan fingerprint density at radius 1 is 0.926 bits per heavy atom. The van der Waals surface area contributed by atoms with E-state index in [0.29, 0.717) is 16.7 Å². The number of benzene rings is 1. The fourth-order valence-corrected chi connectivity index (χ4v) is 5.75. The minimum Gasteiger partial charge on any atom is -0.351 e. The van der Waals surface area contributed by atoms with E-state index in [9.17, 15) is 0 Å². The maximum Gasteiger partial charge on any atom is 0.0485 e. The Bertz CT molecular complexity index is 712. The predicted molar refractivity (Wildman–Crippen MR) is 115 cm³/mol. The monoisotopic (exact) mass is 364 g/mol. The Morgan fingerprint density at radius 3 is 2.11 bits per heavy atom. The topological polar surface area (TPSA) is 6.48 Å². The largest absolute Gasteiger partial charge is 0.351 e. The highest BCUT2D eigenvalue weighted by molar-refractivity contribution is 5.60. The van der Waals surface area contributed by atoms with Gasteiger partial charge in [0.2, 0.25) is 0 Å². The third-order valence-electron chi connectivity index (χ3n) is 6.77. The molecule has 2 fully saturated rings. The van der Waals surface area contributed by atoms with Crippen LogP contribution in [0.1, 0.15) is 71.8 Å². The van der Waals surface area contributed by atoms with Crippen molar-refractivity contribution in [3.63, 3.8) is 0 Å². The first-order valence-corrected chi connectivity index (χ1v) is 10.7. The van der Waals surface area contributed by atoms with Crippen molar-refractivity contribution < 1.29 is 0 Å². The summed E-state index contributed by atoms with van der Waals surface area (Å²) < 4.78 is 0. The van der Waals surface area contributed by atoms with Crippen molar-refractivity contribution in [1.82, 2.24) is 4.90 Å².